The molecule has 1 unspecified atom stereocenters. The zero-order valence-electron chi connectivity index (χ0n) is 10.4. The normalized spacial score (nSPS) is 12.6. The molecule has 0 amide bonds. The Balaban J connectivity index is 2.21. The molecule has 0 radical (unpaired) electrons. The molecule has 1 nitrogen and oxygen atoms in total. The van der Waals surface area contributed by atoms with Crippen molar-refractivity contribution in [2.45, 2.75) is 19.4 Å². The average Bonchev–Trinajstić information content (AvgIpc) is 2.78. The van der Waals surface area contributed by atoms with Crippen LogP contribution in [0.2, 0.25) is 10.0 Å². The molecule has 2 rings (SSSR count). The van der Waals surface area contributed by atoms with Crippen LogP contribution in [0.15, 0.2) is 33.4 Å². The Hall–Kier alpha value is -0.0600. The predicted molar refractivity (Wildman–Crippen MR) is 88.6 cm³/mol. The van der Waals surface area contributed by atoms with Gasteiger partial charge < -0.3 is 5.32 Å². The molecule has 2 aromatic rings. The van der Waals surface area contributed by atoms with Gasteiger partial charge in [-0.15, -0.1) is 11.3 Å². The van der Waals surface area contributed by atoms with Crippen LogP contribution in [0.25, 0.3) is 0 Å². The summed E-state index contributed by atoms with van der Waals surface area (Å²) in [6.07, 6.45) is 0.854. The molecule has 0 bridgehead atoms. The number of hydrogen-bond acceptors (Lipinski definition) is 2. The summed E-state index contributed by atoms with van der Waals surface area (Å²) in [5.74, 6) is 0. The lowest BCUT2D eigenvalue weighted by atomic mass is 10.0. The minimum atomic E-state index is 0.270. The maximum Gasteiger partial charge on any atom is 0.0701 e. The Bertz CT molecular complexity index is 556. The summed E-state index contributed by atoms with van der Waals surface area (Å²) in [7, 11) is 0. The summed E-state index contributed by atoms with van der Waals surface area (Å²) in [6, 6.07) is 8.10. The molecule has 0 spiro atoms. The van der Waals surface area contributed by atoms with Gasteiger partial charge >= 0.3 is 0 Å². The van der Waals surface area contributed by atoms with E-state index in [4.69, 9.17) is 23.2 Å². The second kappa shape index (κ2) is 7.09. The van der Waals surface area contributed by atoms with E-state index in [-0.39, 0.29) is 6.04 Å². The Labute approximate surface area is 136 Å². The number of likely N-dealkylation sites (N-methyl/N-ethyl adjacent to an activating group) is 1. The summed E-state index contributed by atoms with van der Waals surface area (Å²) >= 11 is 17.4. The molecule has 5 heteroatoms. The first-order valence-corrected chi connectivity index (χ1v) is 8.44. The fourth-order valence-electron chi connectivity index (χ4n) is 1.97. The molecular formula is C14H14BrCl2NS. The third kappa shape index (κ3) is 4.20. The molecule has 1 heterocycles. The van der Waals surface area contributed by atoms with Crippen molar-refractivity contribution in [2.24, 2.45) is 0 Å². The third-order valence-corrected chi connectivity index (χ3v) is 4.99. The maximum absolute atomic E-state index is 6.25. The van der Waals surface area contributed by atoms with Crippen molar-refractivity contribution in [2.75, 3.05) is 6.54 Å². The summed E-state index contributed by atoms with van der Waals surface area (Å²) in [6.45, 7) is 3.03. The number of rotatable bonds is 5. The average molecular weight is 379 g/mol. The molecule has 0 saturated heterocycles. The Morgan fingerprint density at radius 1 is 1.32 bits per heavy atom. The lowest BCUT2D eigenvalue weighted by molar-refractivity contribution is 0.551. The third-order valence-electron chi connectivity index (χ3n) is 2.88. The molecule has 0 aliphatic carbocycles. The molecule has 0 saturated carbocycles. The van der Waals surface area contributed by atoms with Gasteiger partial charge in [0, 0.05) is 16.1 Å². The molecule has 0 aliphatic rings. The molecule has 1 aromatic carbocycles. The first kappa shape index (κ1) is 15.3. The van der Waals surface area contributed by atoms with Gasteiger partial charge in [-0.3, -0.25) is 0 Å². The van der Waals surface area contributed by atoms with Crippen molar-refractivity contribution in [1.29, 1.82) is 0 Å². The molecule has 0 fully saturated rings. The van der Waals surface area contributed by atoms with Crippen molar-refractivity contribution in [3.63, 3.8) is 0 Å². The van der Waals surface area contributed by atoms with E-state index in [0.29, 0.717) is 5.02 Å². The molecule has 0 aliphatic heterocycles. The van der Waals surface area contributed by atoms with Gasteiger partial charge in [0.15, 0.2) is 0 Å². The van der Waals surface area contributed by atoms with Crippen LogP contribution in [-0.2, 0) is 6.42 Å². The predicted octanol–water partition coefficient (Wildman–Crippen LogP) is 5.71. The van der Waals surface area contributed by atoms with E-state index < -0.39 is 0 Å². The number of nitrogens with one attached hydrogen (secondary N) is 1. The second-order valence-electron chi connectivity index (χ2n) is 4.23. The van der Waals surface area contributed by atoms with Crippen LogP contribution in [0.4, 0.5) is 0 Å². The van der Waals surface area contributed by atoms with Crippen molar-refractivity contribution in [3.8, 4) is 0 Å². The highest BCUT2D eigenvalue weighted by Crippen LogP contribution is 2.30. The van der Waals surface area contributed by atoms with Gasteiger partial charge in [0.05, 0.1) is 3.79 Å². The molecular weight excluding hydrogens is 365 g/mol. The van der Waals surface area contributed by atoms with E-state index >= 15 is 0 Å². The first-order valence-electron chi connectivity index (χ1n) is 6.01. The van der Waals surface area contributed by atoms with Crippen molar-refractivity contribution in [3.05, 3.63) is 54.6 Å². The van der Waals surface area contributed by atoms with Crippen LogP contribution in [0.1, 0.15) is 24.1 Å². The fraction of sp³-hybridized carbons (Fsp3) is 0.286. The van der Waals surface area contributed by atoms with E-state index in [2.05, 4.69) is 39.6 Å². The first-order chi connectivity index (χ1) is 9.10. The summed E-state index contributed by atoms with van der Waals surface area (Å²) in [5.41, 5.74) is 2.39. The van der Waals surface area contributed by atoms with Gasteiger partial charge in [0.2, 0.25) is 0 Å². The van der Waals surface area contributed by atoms with Gasteiger partial charge in [-0.1, -0.05) is 36.2 Å². The van der Waals surface area contributed by atoms with Crippen molar-refractivity contribution >= 4 is 50.5 Å². The van der Waals surface area contributed by atoms with E-state index in [1.165, 1.54) is 5.56 Å². The smallest absolute Gasteiger partial charge is 0.0701 e. The Morgan fingerprint density at radius 3 is 2.68 bits per heavy atom. The van der Waals surface area contributed by atoms with Crippen LogP contribution >= 0.6 is 50.5 Å². The number of hydrogen-bond donors (Lipinski definition) is 1. The summed E-state index contributed by atoms with van der Waals surface area (Å²) < 4.78 is 1.15. The highest BCUT2D eigenvalue weighted by molar-refractivity contribution is 9.11. The largest absolute Gasteiger partial charge is 0.310 e. The van der Waals surface area contributed by atoms with Crippen LogP contribution in [0, 0.1) is 0 Å². The standard InChI is InChI=1S/C14H14BrCl2NS/c1-2-18-13(10-6-14(15)19-8-10)5-9-3-4-11(16)7-12(9)17/h3-4,6-8,13,18H,2,5H2,1H3. The van der Waals surface area contributed by atoms with E-state index in [9.17, 15) is 0 Å². The van der Waals surface area contributed by atoms with Crippen molar-refractivity contribution in [1.82, 2.24) is 5.32 Å². The lowest BCUT2D eigenvalue weighted by Gasteiger charge is -2.17. The monoisotopic (exact) mass is 377 g/mol. The minimum Gasteiger partial charge on any atom is -0.310 e. The van der Waals surface area contributed by atoms with Crippen LogP contribution in [0.3, 0.4) is 0 Å². The molecule has 1 N–H and O–H groups in total. The zero-order valence-corrected chi connectivity index (χ0v) is 14.3. The van der Waals surface area contributed by atoms with Crippen LogP contribution < -0.4 is 5.32 Å². The quantitative estimate of drug-likeness (QED) is 0.702. The Morgan fingerprint density at radius 2 is 2.11 bits per heavy atom. The van der Waals surface area contributed by atoms with E-state index in [1.807, 2.05) is 12.1 Å². The topological polar surface area (TPSA) is 12.0 Å². The SMILES string of the molecule is CCNC(Cc1ccc(Cl)cc1Cl)c1csc(Br)c1. The Kier molecular flexibility index (Phi) is 5.72. The van der Waals surface area contributed by atoms with Gasteiger partial charge in [0.1, 0.15) is 0 Å². The van der Waals surface area contributed by atoms with E-state index in [1.54, 1.807) is 17.4 Å². The summed E-state index contributed by atoms with van der Waals surface area (Å²) in [5, 5.41) is 7.06. The maximum atomic E-state index is 6.25. The van der Waals surface area contributed by atoms with Gasteiger partial charge in [-0.2, -0.15) is 0 Å². The fourth-order valence-corrected chi connectivity index (χ4v) is 3.68. The highest BCUT2D eigenvalue weighted by Gasteiger charge is 2.14. The number of benzene rings is 1. The van der Waals surface area contributed by atoms with E-state index in [0.717, 1.165) is 27.3 Å². The zero-order chi connectivity index (χ0) is 13.8. The van der Waals surface area contributed by atoms with Crippen LogP contribution in [-0.4, -0.2) is 6.54 Å². The molecule has 1 aromatic heterocycles. The van der Waals surface area contributed by atoms with Crippen molar-refractivity contribution < 1.29 is 0 Å². The lowest BCUT2D eigenvalue weighted by Crippen LogP contribution is -2.22. The molecule has 1 atom stereocenters. The summed E-state index contributed by atoms with van der Waals surface area (Å²) in [4.78, 5) is 0. The molecule has 102 valence electrons. The molecule has 19 heavy (non-hydrogen) atoms. The highest BCUT2D eigenvalue weighted by atomic mass is 79.9. The number of halogens is 3. The van der Waals surface area contributed by atoms with Gasteiger partial charge in [-0.05, 0) is 63.6 Å². The number of thiophene rings is 1. The van der Waals surface area contributed by atoms with Gasteiger partial charge in [0.25, 0.3) is 0 Å². The minimum absolute atomic E-state index is 0.270. The van der Waals surface area contributed by atoms with Crippen LogP contribution in [0.5, 0.6) is 0 Å². The second-order valence-corrected chi connectivity index (χ2v) is 7.37. The van der Waals surface area contributed by atoms with Gasteiger partial charge in [-0.25, -0.2) is 0 Å².